The number of para-hydroxylation sites is 1. The van der Waals surface area contributed by atoms with E-state index in [1.165, 1.54) is 5.56 Å². The molecule has 3 rings (SSSR count). The Balaban J connectivity index is 2.15. The summed E-state index contributed by atoms with van der Waals surface area (Å²) in [7, 11) is 0. The Morgan fingerprint density at radius 3 is 2.50 bits per heavy atom. The van der Waals surface area contributed by atoms with E-state index in [0.717, 1.165) is 29.0 Å². The van der Waals surface area contributed by atoms with Gasteiger partial charge in [0.1, 0.15) is 11.3 Å². The zero-order valence-corrected chi connectivity index (χ0v) is 11.9. The van der Waals surface area contributed by atoms with Gasteiger partial charge >= 0.3 is 0 Å². The molecule has 1 aromatic heterocycles. The van der Waals surface area contributed by atoms with Crippen LogP contribution < -0.4 is 5.73 Å². The predicted octanol–water partition coefficient (Wildman–Crippen LogP) is 3.79. The first-order valence-corrected chi connectivity index (χ1v) is 6.96. The molecule has 0 atom stereocenters. The van der Waals surface area contributed by atoms with Gasteiger partial charge < -0.3 is 10.3 Å². The first kappa shape index (κ1) is 12.7. The molecule has 1 heterocycles. The Labute approximate surface area is 119 Å². The number of benzene rings is 2. The van der Waals surface area contributed by atoms with Crippen molar-refractivity contribution in [3.05, 3.63) is 59.9 Å². The molecule has 0 saturated carbocycles. The molecule has 20 heavy (non-hydrogen) atoms. The summed E-state index contributed by atoms with van der Waals surface area (Å²) in [6.07, 6.45) is 0.827. The number of imidazole rings is 1. The smallest absolute Gasteiger partial charge is 0.114 e. The maximum absolute atomic E-state index is 6.06. The van der Waals surface area contributed by atoms with Crippen molar-refractivity contribution in [2.75, 3.05) is 5.73 Å². The highest BCUT2D eigenvalue weighted by Crippen LogP contribution is 2.26. The molecule has 0 aliphatic carbocycles. The molecule has 0 unspecified atom stereocenters. The van der Waals surface area contributed by atoms with E-state index in [4.69, 9.17) is 10.7 Å². The first-order valence-electron chi connectivity index (χ1n) is 6.96. The van der Waals surface area contributed by atoms with Gasteiger partial charge in [-0.3, -0.25) is 0 Å². The Morgan fingerprint density at radius 1 is 1.05 bits per heavy atom. The summed E-state index contributed by atoms with van der Waals surface area (Å²) in [6.45, 7) is 4.36. The average Bonchev–Trinajstić information content (AvgIpc) is 2.79. The fourth-order valence-corrected chi connectivity index (χ4v) is 2.67. The van der Waals surface area contributed by atoms with Gasteiger partial charge in [0.05, 0.1) is 11.2 Å². The van der Waals surface area contributed by atoms with Crippen LogP contribution in [0.1, 0.15) is 31.3 Å². The minimum atomic E-state index is 0.362. The van der Waals surface area contributed by atoms with E-state index in [2.05, 4.69) is 48.7 Å². The summed E-state index contributed by atoms with van der Waals surface area (Å²) in [5.74, 6) is 1.07. The van der Waals surface area contributed by atoms with Crippen LogP contribution in [0, 0.1) is 0 Å². The number of aromatic nitrogens is 2. The lowest BCUT2D eigenvalue weighted by Gasteiger charge is -2.13. The van der Waals surface area contributed by atoms with Gasteiger partial charge in [-0.05, 0) is 31.5 Å². The Kier molecular flexibility index (Phi) is 3.18. The third-order valence-corrected chi connectivity index (χ3v) is 3.55. The second-order valence-corrected chi connectivity index (χ2v) is 5.37. The number of nitrogens with two attached hydrogens (primary N) is 1. The van der Waals surface area contributed by atoms with Crippen molar-refractivity contribution in [2.24, 2.45) is 0 Å². The molecule has 0 fully saturated rings. The molecule has 0 saturated heterocycles. The van der Waals surface area contributed by atoms with Crippen LogP contribution in [-0.4, -0.2) is 9.55 Å². The van der Waals surface area contributed by atoms with Gasteiger partial charge in [-0.25, -0.2) is 4.98 Å². The normalized spacial score (nSPS) is 11.3. The molecule has 0 aliphatic rings. The molecule has 102 valence electrons. The van der Waals surface area contributed by atoms with Crippen molar-refractivity contribution in [1.82, 2.24) is 9.55 Å². The molecular weight excluding hydrogens is 246 g/mol. The highest BCUT2D eigenvalue weighted by Gasteiger charge is 2.14. The van der Waals surface area contributed by atoms with Crippen molar-refractivity contribution in [3.63, 3.8) is 0 Å². The van der Waals surface area contributed by atoms with Crippen LogP contribution in [0.4, 0.5) is 5.69 Å². The van der Waals surface area contributed by atoms with Gasteiger partial charge in [-0.15, -0.1) is 0 Å². The SMILES string of the molecule is CC(C)n1c(Cc2ccccc2)nc2c(N)cccc21. The Hall–Kier alpha value is -2.29. The van der Waals surface area contributed by atoms with E-state index in [1.807, 2.05) is 18.2 Å². The maximum Gasteiger partial charge on any atom is 0.114 e. The number of rotatable bonds is 3. The van der Waals surface area contributed by atoms with Crippen LogP contribution in [0.2, 0.25) is 0 Å². The topological polar surface area (TPSA) is 43.8 Å². The summed E-state index contributed by atoms with van der Waals surface area (Å²) in [5, 5.41) is 0. The van der Waals surface area contributed by atoms with Gasteiger partial charge in [-0.1, -0.05) is 36.4 Å². The van der Waals surface area contributed by atoms with Gasteiger partial charge in [0.2, 0.25) is 0 Å². The lowest BCUT2D eigenvalue weighted by Crippen LogP contribution is -2.06. The van der Waals surface area contributed by atoms with Crippen LogP contribution in [0.3, 0.4) is 0 Å². The summed E-state index contributed by atoms with van der Waals surface area (Å²) < 4.78 is 2.28. The van der Waals surface area contributed by atoms with Crippen molar-refractivity contribution >= 4 is 16.7 Å². The van der Waals surface area contributed by atoms with E-state index in [9.17, 15) is 0 Å². The van der Waals surface area contributed by atoms with E-state index < -0.39 is 0 Å². The Bertz CT molecular complexity index is 727. The summed E-state index contributed by atoms with van der Waals surface area (Å²) in [5.41, 5.74) is 10.1. The van der Waals surface area contributed by atoms with Crippen molar-refractivity contribution in [2.45, 2.75) is 26.3 Å². The molecule has 3 aromatic rings. The molecule has 2 N–H and O–H groups in total. The van der Waals surface area contributed by atoms with Crippen molar-refractivity contribution in [1.29, 1.82) is 0 Å². The van der Waals surface area contributed by atoms with Gasteiger partial charge in [0.15, 0.2) is 0 Å². The molecule has 2 aromatic carbocycles. The van der Waals surface area contributed by atoms with Gasteiger partial charge in [0, 0.05) is 12.5 Å². The van der Waals surface area contributed by atoms with E-state index >= 15 is 0 Å². The largest absolute Gasteiger partial charge is 0.397 e. The second kappa shape index (κ2) is 5.00. The minimum Gasteiger partial charge on any atom is -0.397 e. The standard InChI is InChI=1S/C17H19N3/c1-12(2)20-15-10-6-9-14(18)17(15)19-16(20)11-13-7-4-3-5-8-13/h3-10,12H,11,18H2,1-2H3. The molecule has 0 bridgehead atoms. The zero-order chi connectivity index (χ0) is 14.1. The van der Waals surface area contributed by atoms with Crippen LogP contribution in [0.25, 0.3) is 11.0 Å². The fourth-order valence-electron chi connectivity index (χ4n) is 2.67. The van der Waals surface area contributed by atoms with Crippen LogP contribution in [0.5, 0.6) is 0 Å². The average molecular weight is 265 g/mol. The maximum atomic E-state index is 6.06. The molecular formula is C17H19N3. The van der Waals surface area contributed by atoms with E-state index in [1.54, 1.807) is 0 Å². The van der Waals surface area contributed by atoms with E-state index in [0.29, 0.717) is 6.04 Å². The number of nitrogens with zero attached hydrogens (tertiary/aromatic N) is 2. The van der Waals surface area contributed by atoms with Gasteiger partial charge in [0.25, 0.3) is 0 Å². The monoisotopic (exact) mass is 265 g/mol. The Morgan fingerprint density at radius 2 is 1.80 bits per heavy atom. The minimum absolute atomic E-state index is 0.362. The third kappa shape index (κ3) is 2.16. The molecule has 3 nitrogen and oxygen atoms in total. The van der Waals surface area contributed by atoms with Crippen molar-refractivity contribution in [3.8, 4) is 0 Å². The third-order valence-electron chi connectivity index (χ3n) is 3.55. The summed E-state index contributed by atoms with van der Waals surface area (Å²) in [4.78, 5) is 4.77. The number of fused-ring (bicyclic) bond motifs is 1. The second-order valence-electron chi connectivity index (χ2n) is 5.37. The highest BCUT2D eigenvalue weighted by atomic mass is 15.1. The lowest BCUT2D eigenvalue weighted by atomic mass is 10.1. The lowest BCUT2D eigenvalue weighted by molar-refractivity contribution is 0.591. The molecule has 0 radical (unpaired) electrons. The van der Waals surface area contributed by atoms with E-state index in [-0.39, 0.29) is 0 Å². The van der Waals surface area contributed by atoms with Crippen LogP contribution in [-0.2, 0) is 6.42 Å². The van der Waals surface area contributed by atoms with Crippen molar-refractivity contribution < 1.29 is 0 Å². The number of hydrogen-bond donors (Lipinski definition) is 1. The van der Waals surface area contributed by atoms with Crippen LogP contribution >= 0.6 is 0 Å². The quantitative estimate of drug-likeness (QED) is 0.732. The first-order chi connectivity index (χ1) is 9.66. The fraction of sp³-hybridized carbons (Fsp3) is 0.235. The molecule has 0 amide bonds. The summed E-state index contributed by atoms with van der Waals surface area (Å²) in [6, 6.07) is 16.8. The van der Waals surface area contributed by atoms with Gasteiger partial charge in [-0.2, -0.15) is 0 Å². The molecule has 3 heteroatoms. The number of anilines is 1. The predicted molar refractivity (Wildman–Crippen MR) is 83.8 cm³/mol. The number of nitrogen functional groups attached to an aromatic ring is 1. The number of hydrogen-bond acceptors (Lipinski definition) is 2. The summed E-state index contributed by atoms with van der Waals surface area (Å²) >= 11 is 0. The molecule has 0 spiro atoms. The van der Waals surface area contributed by atoms with Crippen LogP contribution in [0.15, 0.2) is 48.5 Å². The molecule has 0 aliphatic heterocycles. The zero-order valence-electron chi connectivity index (χ0n) is 11.9. The highest BCUT2D eigenvalue weighted by molar-refractivity contribution is 5.87.